The van der Waals surface area contributed by atoms with Gasteiger partial charge in [-0.3, -0.25) is 0 Å². The molecule has 1 aliphatic rings. The fraction of sp³-hybridized carbons (Fsp3) is 0.400. The summed E-state index contributed by atoms with van der Waals surface area (Å²) in [5.41, 5.74) is 2.20. The molecule has 1 aliphatic heterocycles. The number of aromatic nitrogens is 3. The smallest absolute Gasteiger partial charge is 0.242 e. The van der Waals surface area contributed by atoms with Gasteiger partial charge in [-0.25, -0.2) is 17.7 Å². The molecule has 1 atom stereocenters. The third-order valence-electron chi connectivity index (χ3n) is 5.47. The lowest BCUT2D eigenvalue weighted by Crippen LogP contribution is -2.32. The Balaban J connectivity index is 1.74. The van der Waals surface area contributed by atoms with Crippen LogP contribution in [0.5, 0.6) is 0 Å². The van der Waals surface area contributed by atoms with Crippen molar-refractivity contribution in [2.45, 2.75) is 30.7 Å². The van der Waals surface area contributed by atoms with Crippen molar-refractivity contribution < 1.29 is 13.5 Å². The predicted molar refractivity (Wildman–Crippen MR) is 123 cm³/mol. The van der Waals surface area contributed by atoms with Gasteiger partial charge in [0.25, 0.3) is 0 Å². The van der Waals surface area contributed by atoms with Crippen molar-refractivity contribution in [1.29, 1.82) is 0 Å². The Hall–Kier alpha value is -2.21. The van der Waals surface area contributed by atoms with Crippen LogP contribution in [0, 0.1) is 6.92 Å². The second-order valence-electron chi connectivity index (χ2n) is 7.74. The molecule has 3 aromatic rings. The zero-order valence-electron chi connectivity index (χ0n) is 17.6. The van der Waals surface area contributed by atoms with E-state index in [1.807, 2.05) is 13.0 Å². The van der Waals surface area contributed by atoms with Gasteiger partial charge in [0.05, 0.1) is 27.7 Å². The largest absolute Gasteiger partial charge is 0.394 e. The molecule has 0 saturated carbocycles. The highest BCUT2D eigenvalue weighted by Gasteiger charge is 2.27. The molecule has 3 heterocycles. The Morgan fingerprint density at radius 2 is 2.00 bits per heavy atom. The van der Waals surface area contributed by atoms with Crippen LogP contribution in [-0.2, 0) is 10.0 Å². The van der Waals surface area contributed by atoms with Crippen LogP contribution in [0.15, 0.2) is 39.7 Å². The molecule has 1 aromatic carbocycles. The van der Waals surface area contributed by atoms with E-state index in [-0.39, 0.29) is 17.5 Å². The van der Waals surface area contributed by atoms with Crippen molar-refractivity contribution in [3.05, 3.63) is 40.5 Å². The van der Waals surface area contributed by atoms with Gasteiger partial charge in [-0.15, -0.1) is 0 Å². The van der Waals surface area contributed by atoms with Crippen molar-refractivity contribution in [3.8, 4) is 0 Å². The number of sulfonamides is 1. The summed E-state index contributed by atoms with van der Waals surface area (Å²) in [6.07, 6.45) is 1.93. The number of fused-ring (bicyclic) bond motifs is 1. The zero-order valence-corrected chi connectivity index (χ0v) is 20.0. The van der Waals surface area contributed by atoms with E-state index in [4.69, 9.17) is 4.98 Å². The van der Waals surface area contributed by atoms with Crippen LogP contribution < -0.4 is 10.2 Å². The molecule has 1 fully saturated rings. The number of anilines is 3. The molecule has 4 rings (SSSR count). The fourth-order valence-electron chi connectivity index (χ4n) is 3.72. The van der Waals surface area contributed by atoms with Crippen LogP contribution in [0.25, 0.3) is 5.65 Å². The van der Waals surface area contributed by atoms with Crippen molar-refractivity contribution in [2.75, 3.05) is 37.5 Å². The Labute approximate surface area is 189 Å². The first kappa shape index (κ1) is 22.0. The molecule has 1 saturated heterocycles. The second kappa shape index (κ2) is 8.38. The van der Waals surface area contributed by atoms with Gasteiger partial charge in [-0.05, 0) is 60.0 Å². The number of hydrogen-bond acceptors (Lipinski definition) is 7. The number of aliphatic hydroxyl groups is 1. The van der Waals surface area contributed by atoms with Crippen LogP contribution >= 0.6 is 15.9 Å². The van der Waals surface area contributed by atoms with E-state index in [1.54, 1.807) is 28.8 Å². The summed E-state index contributed by atoms with van der Waals surface area (Å²) in [6.45, 7) is 2.81. The maximum absolute atomic E-state index is 12.3. The summed E-state index contributed by atoms with van der Waals surface area (Å²) in [4.78, 5) is 7.13. The Kier molecular flexibility index (Phi) is 5.95. The summed E-state index contributed by atoms with van der Waals surface area (Å²) in [7, 11) is -0.476. The van der Waals surface area contributed by atoms with Crippen molar-refractivity contribution in [3.63, 3.8) is 0 Å². The van der Waals surface area contributed by atoms with Gasteiger partial charge in [-0.1, -0.05) is 0 Å². The van der Waals surface area contributed by atoms with Crippen molar-refractivity contribution >= 4 is 48.9 Å². The highest BCUT2D eigenvalue weighted by atomic mass is 79.9. The number of aryl methyl sites for hydroxylation is 1. The number of nitrogens with zero attached hydrogens (tertiary/aromatic N) is 5. The number of rotatable bonds is 6. The van der Waals surface area contributed by atoms with Crippen LogP contribution in [0.3, 0.4) is 0 Å². The summed E-state index contributed by atoms with van der Waals surface area (Å²) in [5.74, 6) is 1.46. The monoisotopic (exact) mass is 508 g/mol. The molecule has 0 unspecified atom stereocenters. The van der Waals surface area contributed by atoms with E-state index in [0.29, 0.717) is 11.5 Å². The third-order valence-corrected chi connectivity index (χ3v) is 8.22. The second-order valence-corrected chi connectivity index (χ2v) is 10.7. The molecule has 11 heteroatoms. The molecule has 0 bridgehead atoms. The summed E-state index contributed by atoms with van der Waals surface area (Å²) >= 11 is 3.58. The third kappa shape index (κ3) is 4.02. The number of nitrogens with one attached hydrogen (secondary N) is 1. The van der Waals surface area contributed by atoms with Crippen LogP contribution in [0.4, 0.5) is 17.3 Å². The van der Waals surface area contributed by atoms with Gasteiger partial charge >= 0.3 is 0 Å². The average Bonchev–Trinajstić information content (AvgIpc) is 3.33. The lowest BCUT2D eigenvalue weighted by Gasteiger charge is -2.25. The van der Waals surface area contributed by atoms with E-state index in [1.165, 1.54) is 18.4 Å². The number of halogens is 1. The molecule has 0 radical (unpaired) electrons. The molecular formula is C20H25BrN6O3S. The fourth-order valence-corrected chi connectivity index (χ4v) is 4.95. The van der Waals surface area contributed by atoms with Crippen LogP contribution in [0.2, 0.25) is 0 Å². The molecule has 31 heavy (non-hydrogen) atoms. The highest BCUT2D eigenvalue weighted by molar-refractivity contribution is 9.10. The van der Waals surface area contributed by atoms with Crippen LogP contribution in [-0.4, -0.2) is 65.7 Å². The van der Waals surface area contributed by atoms with E-state index < -0.39 is 10.0 Å². The number of benzene rings is 1. The number of aliphatic hydroxyl groups excluding tert-OH is 1. The van der Waals surface area contributed by atoms with Gasteiger partial charge < -0.3 is 15.3 Å². The first-order chi connectivity index (χ1) is 14.7. The highest BCUT2D eigenvalue weighted by Crippen LogP contribution is 2.31. The molecule has 0 spiro atoms. The first-order valence-electron chi connectivity index (χ1n) is 9.95. The Bertz CT molecular complexity index is 1210. The van der Waals surface area contributed by atoms with Crippen LogP contribution in [0.1, 0.15) is 18.5 Å². The lowest BCUT2D eigenvalue weighted by atomic mass is 10.2. The van der Waals surface area contributed by atoms with E-state index in [0.717, 1.165) is 41.1 Å². The minimum absolute atomic E-state index is 0.0427. The molecule has 2 aromatic heterocycles. The van der Waals surface area contributed by atoms with Crippen molar-refractivity contribution in [2.24, 2.45) is 0 Å². The predicted octanol–water partition coefficient (Wildman–Crippen LogP) is 2.76. The van der Waals surface area contributed by atoms with Gasteiger partial charge in [0.1, 0.15) is 11.6 Å². The summed E-state index contributed by atoms with van der Waals surface area (Å²) < 4.78 is 28.4. The first-order valence-corrected chi connectivity index (χ1v) is 12.2. The molecule has 2 N–H and O–H groups in total. The molecule has 0 aliphatic carbocycles. The molecule has 166 valence electrons. The summed E-state index contributed by atoms with van der Waals surface area (Å²) in [6, 6.07) is 8.54. The van der Waals surface area contributed by atoms with E-state index in [9.17, 15) is 13.5 Å². The summed E-state index contributed by atoms with van der Waals surface area (Å²) in [5, 5.41) is 17.6. The van der Waals surface area contributed by atoms with E-state index in [2.05, 4.69) is 31.2 Å². The molecular weight excluding hydrogens is 484 g/mol. The molecule has 0 amide bonds. The minimum Gasteiger partial charge on any atom is -0.394 e. The maximum Gasteiger partial charge on any atom is 0.242 e. The minimum atomic E-state index is -3.49. The van der Waals surface area contributed by atoms with E-state index >= 15 is 0 Å². The van der Waals surface area contributed by atoms with Gasteiger partial charge in [0.2, 0.25) is 10.0 Å². The normalized spacial score (nSPS) is 17.1. The standard InChI is InChI=1S/C20H25BrN6O3S/c1-13-19(21)20-23-17(26-10-4-5-15(26)12-28)11-18(27(20)24-13)22-14-6-8-16(9-7-14)31(29,30)25(2)3/h6-9,11,15,22,28H,4-5,10,12H2,1-3H3/t15-/m0/s1. The SMILES string of the molecule is Cc1nn2c(Nc3ccc(S(=O)(=O)N(C)C)cc3)cc(N3CCC[C@H]3CO)nc2c1Br. The van der Waals surface area contributed by atoms with Crippen molar-refractivity contribution in [1.82, 2.24) is 18.9 Å². The van der Waals surface area contributed by atoms with Gasteiger partial charge in [-0.2, -0.15) is 9.61 Å². The number of hydrogen-bond donors (Lipinski definition) is 2. The zero-order chi connectivity index (χ0) is 22.3. The maximum atomic E-state index is 12.3. The topological polar surface area (TPSA) is 103 Å². The Morgan fingerprint density at radius 1 is 1.29 bits per heavy atom. The van der Waals surface area contributed by atoms with Gasteiger partial charge in [0, 0.05) is 32.4 Å². The quantitative estimate of drug-likeness (QED) is 0.527. The lowest BCUT2D eigenvalue weighted by molar-refractivity contribution is 0.266. The average molecular weight is 509 g/mol. The Morgan fingerprint density at radius 3 is 2.65 bits per heavy atom. The van der Waals surface area contributed by atoms with Gasteiger partial charge in [0.15, 0.2) is 5.65 Å². The molecule has 9 nitrogen and oxygen atoms in total.